The van der Waals surface area contributed by atoms with Crippen LogP contribution in [0.1, 0.15) is 6.42 Å². The maximum atomic E-state index is 2.20. The van der Waals surface area contributed by atoms with Gasteiger partial charge in [0.15, 0.2) is 0 Å². The van der Waals surface area contributed by atoms with Crippen molar-refractivity contribution in [1.29, 1.82) is 0 Å². The Hall–Kier alpha value is -0.700. The molecule has 0 saturated carbocycles. The average molecular weight is 258 g/mol. The molecule has 2 aromatic rings. The highest BCUT2D eigenvalue weighted by Gasteiger charge is 1.77. The molecule has 0 aromatic heterocycles. The molecule has 0 atom stereocenters. The van der Waals surface area contributed by atoms with Gasteiger partial charge in [0, 0.05) is 0 Å². The molecule has 0 fully saturated rings. The third kappa shape index (κ3) is 4.99. The van der Waals surface area contributed by atoms with Gasteiger partial charge in [-0.05, 0) is 0 Å². The third-order valence-electron chi connectivity index (χ3n) is 2.42. The maximum Gasteiger partial charge on any atom is -0.0624 e. The van der Waals surface area contributed by atoms with E-state index in [1.807, 2.05) is 0 Å². The summed E-state index contributed by atoms with van der Waals surface area (Å²) in [6.45, 7) is 0. The zero-order valence-corrected chi connectivity index (χ0v) is 11.6. The lowest BCUT2D eigenvalue weighted by Crippen LogP contribution is -1.96. The van der Waals surface area contributed by atoms with Crippen molar-refractivity contribution >= 4 is 27.8 Å². The van der Waals surface area contributed by atoms with Crippen LogP contribution in [0.2, 0.25) is 0 Å². The number of hydrogen-bond donors (Lipinski definition) is 0. The molecule has 0 nitrogen and oxygen atoms in total. The van der Waals surface area contributed by atoms with E-state index < -0.39 is 0 Å². The SMILES string of the molecule is c1ccc([P-]CCC[P-]c2ccccc2)cc1. The van der Waals surface area contributed by atoms with Crippen molar-refractivity contribution in [3.8, 4) is 0 Å². The summed E-state index contributed by atoms with van der Waals surface area (Å²) >= 11 is 0. The monoisotopic (exact) mass is 258 g/mol. The molecule has 88 valence electrons. The Kier molecular flexibility index (Phi) is 5.69. The lowest BCUT2D eigenvalue weighted by Gasteiger charge is -2.22. The average Bonchev–Trinajstić information content (AvgIpc) is 2.41. The molecule has 0 aliphatic rings. The Morgan fingerprint density at radius 3 is 1.41 bits per heavy atom. The van der Waals surface area contributed by atoms with Crippen LogP contribution in [-0.2, 0) is 0 Å². The predicted molar refractivity (Wildman–Crippen MR) is 80.3 cm³/mol. The second kappa shape index (κ2) is 7.59. The molecule has 0 heterocycles. The minimum Gasteiger partial charge on any atom is -0.506 e. The first-order valence-electron chi connectivity index (χ1n) is 5.90. The van der Waals surface area contributed by atoms with Crippen molar-refractivity contribution in [2.45, 2.75) is 6.42 Å². The molecule has 0 bridgehead atoms. The van der Waals surface area contributed by atoms with E-state index >= 15 is 0 Å². The van der Waals surface area contributed by atoms with E-state index in [0.717, 1.165) is 0 Å². The molecule has 2 rings (SSSR count). The Balaban J connectivity index is 1.61. The van der Waals surface area contributed by atoms with Crippen LogP contribution < -0.4 is 10.6 Å². The van der Waals surface area contributed by atoms with Crippen molar-refractivity contribution in [1.82, 2.24) is 0 Å². The van der Waals surface area contributed by atoms with Crippen molar-refractivity contribution in [2.75, 3.05) is 12.3 Å². The van der Waals surface area contributed by atoms with Crippen LogP contribution in [0.4, 0.5) is 0 Å². The van der Waals surface area contributed by atoms with Crippen LogP contribution in [0.5, 0.6) is 0 Å². The molecular formula is C15H16P2-2. The first-order valence-corrected chi connectivity index (χ1v) is 8.06. The molecule has 0 saturated heterocycles. The highest BCUT2D eigenvalue weighted by Crippen LogP contribution is 2.16. The maximum absolute atomic E-state index is 2.20. The van der Waals surface area contributed by atoms with E-state index in [4.69, 9.17) is 0 Å². The Morgan fingerprint density at radius 1 is 0.588 bits per heavy atom. The minimum absolute atomic E-state index is 1.27. The molecular weight excluding hydrogens is 242 g/mol. The Labute approximate surface area is 107 Å². The quantitative estimate of drug-likeness (QED) is 0.544. The van der Waals surface area contributed by atoms with Crippen LogP contribution in [0.25, 0.3) is 0 Å². The zero-order chi connectivity index (χ0) is 11.8. The number of rotatable bonds is 6. The van der Waals surface area contributed by atoms with Crippen LogP contribution in [0.15, 0.2) is 60.7 Å². The van der Waals surface area contributed by atoms with Crippen molar-refractivity contribution in [3.63, 3.8) is 0 Å². The smallest absolute Gasteiger partial charge is 0.0624 e. The lowest BCUT2D eigenvalue weighted by molar-refractivity contribution is 1.12. The highest BCUT2D eigenvalue weighted by molar-refractivity contribution is 7.48. The van der Waals surface area contributed by atoms with E-state index in [2.05, 4.69) is 60.7 Å². The Bertz CT molecular complexity index is 370. The summed E-state index contributed by atoms with van der Waals surface area (Å²) in [6, 6.07) is 21.4. The molecule has 17 heavy (non-hydrogen) atoms. The number of benzene rings is 2. The van der Waals surface area contributed by atoms with Crippen molar-refractivity contribution in [3.05, 3.63) is 60.7 Å². The van der Waals surface area contributed by atoms with Gasteiger partial charge < -0.3 is 17.2 Å². The molecule has 2 heteroatoms. The van der Waals surface area contributed by atoms with E-state index in [0.29, 0.717) is 0 Å². The normalized spacial score (nSPS) is 11.8. The molecule has 0 unspecified atom stereocenters. The molecule has 0 radical (unpaired) electrons. The summed E-state index contributed by atoms with van der Waals surface area (Å²) in [5.41, 5.74) is 0. The van der Waals surface area contributed by atoms with E-state index in [1.54, 1.807) is 0 Å². The van der Waals surface area contributed by atoms with Crippen LogP contribution in [-0.4, -0.2) is 12.3 Å². The van der Waals surface area contributed by atoms with Gasteiger partial charge in [0.2, 0.25) is 0 Å². The highest BCUT2D eigenvalue weighted by atomic mass is 31.1. The van der Waals surface area contributed by atoms with Gasteiger partial charge in [-0.25, -0.2) is 10.6 Å². The molecule has 0 amide bonds. The zero-order valence-electron chi connectivity index (χ0n) is 9.79. The van der Waals surface area contributed by atoms with E-state index in [-0.39, 0.29) is 0 Å². The van der Waals surface area contributed by atoms with Gasteiger partial charge in [-0.1, -0.05) is 60.7 Å². The van der Waals surface area contributed by atoms with Crippen molar-refractivity contribution < 1.29 is 0 Å². The summed E-state index contributed by atoms with van der Waals surface area (Å²) in [5, 5.41) is 2.87. The molecule has 0 aliphatic heterocycles. The topological polar surface area (TPSA) is 0 Å². The van der Waals surface area contributed by atoms with Gasteiger partial charge in [-0.2, -0.15) is 12.3 Å². The molecule has 0 spiro atoms. The minimum atomic E-state index is 1.27. The van der Waals surface area contributed by atoms with Gasteiger partial charge in [0.25, 0.3) is 0 Å². The second-order valence-electron chi connectivity index (χ2n) is 3.79. The first kappa shape index (κ1) is 12.7. The summed E-state index contributed by atoms with van der Waals surface area (Å²) in [4.78, 5) is 0. The molecule has 2 aromatic carbocycles. The molecule has 0 N–H and O–H groups in total. The largest absolute Gasteiger partial charge is 0.506 e. The standard InChI is InChI=1S/C15H16P2/c1-3-8-14(9-4-1)16-12-7-13-17-15-10-5-2-6-11-15/h1-6,8-11H,7,12-13H2/q-2. The number of hydrogen-bond acceptors (Lipinski definition) is 0. The van der Waals surface area contributed by atoms with Gasteiger partial charge in [-0.3, -0.25) is 0 Å². The van der Waals surface area contributed by atoms with E-state index in [1.165, 1.54) is 46.5 Å². The third-order valence-corrected chi connectivity index (χ3v) is 4.82. The Morgan fingerprint density at radius 2 is 1.00 bits per heavy atom. The summed E-state index contributed by atoms with van der Waals surface area (Å²) in [5.74, 6) is 0. The summed E-state index contributed by atoms with van der Waals surface area (Å²) < 4.78 is 0. The second-order valence-corrected chi connectivity index (χ2v) is 6.35. The van der Waals surface area contributed by atoms with Gasteiger partial charge in [0.05, 0.1) is 0 Å². The van der Waals surface area contributed by atoms with Crippen LogP contribution >= 0.6 is 17.2 Å². The van der Waals surface area contributed by atoms with Gasteiger partial charge in [0.1, 0.15) is 0 Å². The molecule has 0 aliphatic carbocycles. The van der Waals surface area contributed by atoms with Gasteiger partial charge in [-0.15, -0.1) is 6.42 Å². The van der Waals surface area contributed by atoms with Crippen molar-refractivity contribution in [2.24, 2.45) is 0 Å². The van der Waals surface area contributed by atoms with Crippen LogP contribution in [0, 0.1) is 0 Å². The lowest BCUT2D eigenvalue weighted by atomic mass is 10.4. The predicted octanol–water partition coefficient (Wildman–Crippen LogP) is 3.92. The first-order chi connectivity index (χ1) is 8.45. The fraction of sp³-hybridized carbons (Fsp3) is 0.200. The summed E-state index contributed by atoms with van der Waals surface area (Å²) in [7, 11) is 2.92. The van der Waals surface area contributed by atoms with E-state index in [9.17, 15) is 0 Å². The van der Waals surface area contributed by atoms with Gasteiger partial charge >= 0.3 is 0 Å². The van der Waals surface area contributed by atoms with Crippen LogP contribution in [0.3, 0.4) is 0 Å². The summed E-state index contributed by atoms with van der Waals surface area (Å²) in [6.07, 6.45) is 3.83. The fourth-order valence-electron chi connectivity index (χ4n) is 1.55. The fourth-order valence-corrected chi connectivity index (χ4v) is 3.72.